The highest BCUT2D eigenvalue weighted by atomic mass is 35.5. The summed E-state index contributed by atoms with van der Waals surface area (Å²) in [6.45, 7) is 5.13. The first-order valence-electron chi connectivity index (χ1n) is 10.0. The van der Waals surface area contributed by atoms with Crippen molar-refractivity contribution in [2.24, 2.45) is 7.05 Å². The fourth-order valence-electron chi connectivity index (χ4n) is 3.86. The lowest BCUT2D eigenvalue weighted by atomic mass is 10.1. The molecule has 1 aliphatic heterocycles. The molecule has 4 heterocycles. The Bertz CT molecular complexity index is 1210. The number of fused-ring (bicyclic) bond motifs is 1. The van der Waals surface area contributed by atoms with Crippen LogP contribution >= 0.6 is 11.6 Å². The summed E-state index contributed by atoms with van der Waals surface area (Å²) in [5.41, 5.74) is 5.92. The molecule has 8 heteroatoms. The van der Waals surface area contributed by atoms with Gasteiger partial charge < -0.3 is 14.2 Å². The Hall–Kier alpha value is -2.90. The summed E-state index contributed by atoms with van der Waals surface area (Å²) in [6.07, 6.45) is 1.95. The minimum atomic E-state index is 0.337. The van der Waals surface area contributed by atoms with Crippen molar-refractivity contribution in [1.82, 2.24) is 24.3 Å². The molecule has 0 unspecified atom stereocenters. The standard InChI is InChI=1S/C22H23ClN6O/c1-15-4-3-5-16(12-15)17-6-7-29(26-17)19-13-18(28-8-10-30-11-9-28)21-22(25-19)27(2)20(14-23)24-21/h3-7,12-13H,8-11,14H2,1-2H3. The van der Waals surface area contributed by atoms with Gasteiger partial charge in [-0.25, -0.2) is 14.6 Å². The maximum atomic E-state index is 6.12. The zero-order valence-corrected chi connectivity index (χ0v) is 17.8. The number of aromatic nitrogens is 5. The van der Waals surface area contributed by atoms with Gasteiger partial charge in [0.15, 0.2) is 11.5 Å². The highest BCUT2D eigenvalue weighted by Crippen LogP contribution is 2.29. The molecule has 0 atom stereocenters. The quantitative estimate of drug-likeness (QED) is 0.469. The van der Waals surface area contributed by atoms with Gasteiger partial charge in [0.05, 0.1) is 30.5 Å². The average Bonchev–Trinajstić information content (AvgIpc) is 3.39. The van der Waals surface area contributed by atoms with Gasteiger partial charge in [-0.2, -0.15) is 5.10 Å². The summed E-state index contributed by atoms with van der Waals surface area (Å²) >= 11 is 6.12. The largest absolute Gasteiger partial charge is 0.378 e. The number of benzene rings is 1. The summed E-state index contributed by atoms with van der Waals surface area (Å²) in [5, 5.41) is 4.80. The first-order chi connectivity index (χ1) is 14.6. The molecule has 0 N–H and O–H groups in total. The smallest absolute Gasteiger partial charge is 0.164 e. The predicted octanol–water partition coefficient (Wildman–Crippen LogP) is 3.70. The molecule has 0 bridgehead atoms. The van der Waals surface area contributed by atoms with Crippen LogP contribution in [0.25, 0.3) is 28.2 Å². The van der Waals surface area contributed by atoms with Crippen LogP contribution in [0.4, 0.5) is 5.69 Å². The van der Waals surface area contributed by atoms with E-state index in [-0.39, 0.29) is 0 Å². The maximum absolute atomic E-state index is 6.12. The van der Waals surface area contributed by atoms with Gasteiger partial charge in [-0.1, -0.05) is 23.8 Å². The summed E-state index contributed by atoms with van der Waals surface area (Å²) in [5.74, 6) is 1.89. The molecule has 1 saturated heterocycles. The number of pyridine rings is 1. The third kappa shape index (κ3) is 3.34. The zero-order valence-electron chi connectivity index (χ0n) is 17.0. The molecule has 5 rings (SSSR count). The van der Waals surface area contributed by atoms with E-state index in [0.717, 1.165) is 52.8 Å². The van der Waals surface area contributed by atoms with Gasteiger partial charge in [0.1, 0.15) is 11.3 Å². The van der Waals surface area contributed by atoms with Crippen LogP contribution in [0.5, 0.6) is 0 Å². The fourth-order valence-corrected chi connectivity index (χ4v) is 4.10. The molecule has 0 saturated carbocycles. The van der Waals surface area contributed by atoms with Crippen molar-refractivity contribution in [2.75, 3.05) is 31.2 Å². The number of hydrogen-bond donors (Lipinski definition) is 0. The highest BCUT2D eigenvalue weighted by Gasteiger charge is 2.21. The van der Waals surface area contributed by atoms with Crippen molar-refractivity contribution in [1.29, 1.82) is 0 Å². The van der Waals surface area contributed by atoms with Crippen LogP contribution in [0, 0.1) is 6.92 Å². The minimum Gasteiger partial charge on any atom is -0.378 e. The van der Waals surface area contributed by atoms with E-state index < -0.39 is 0 Å². The van der Waals surface area contributed by atoms with Crippen LogP contribution in [0.2, 0.25) is 0 Å². The SMILES string of the molecule is Cc1cccc(-c2ccn(-c3cc(N4CCOCC4)c4nc(CCl)n(C)c4n3)n2)c1. The van der Waals surface area contributed by atoms with Gasteiger partial charge in [-0.05, 0) is 19.1 Å². The number of alkyl halides is 1. The second-order valence-corrected chi connectivity index (χ2v) is 7.77. The summed E-state index contributed by atoms with van der Waals surface area (Å²) in [7, 11) is 1.95. The molecule has 1 fully saturated rings. The van der Waals surface area contributed by atoms with Crippen molar-refractivity contribution in [2.45, 2.75) is 12.8 Å². The number of imidazole rings is 1. The van der Waals surface area contributed by atoms with Gasteiger partial charge in [0.2, 0.25) is 0 Å². The molecular formula is C22H23ClN6O. The van der Waals surface area contributed by atoms with Crippen molar-refractivity contribution in [3.8, 4) is 17.1 Å². The monoisotopic (exact) mass is 422 g/mol. The lowest BCUT2D eigenvalue weighted by Gasteiger charge is -2.29. The molecule has 0 aliphatic carbocycles. The lowest BCUT2D eigenvalue weighted by Crippen LogP contribution is -2.36. The second-order valence-electron chi connectivity index (χ2n) is 7.51. The van der Waals surface area contributed by atoms with E-state index >= 15 is 0 Å². The molecular weight excluding hydrogens is 400 g/mol. The van der Waals surface area contributed by atoms with E-state index in [1.165, 1.54) is 5.56 Å². The Morgan fingerprint density at radius 2 is 1.93 bits per heavy atom. The van der Waals surface area contributed by atoms with Gasteiger partial charge in [0.25, 0.3) is 0 Å². The average molecular weight is 423 g/mol. The molecule has 0 spiro atoms. The number of ether oxygens (including phenoxy) is 1. The van der Waals surface area contributed by atoms with Crippen molar-refractivity contribution >= 4 is 28.5 Å². The van der Waals surface area contributed by atoms with E-state index in [1.807, 2.05) is 34.6 Å². The second kappa shape index (κ2) is 7.74. The third-order valence-corrected chi connectivity index (χ3v) is 5.73. The molecule has 0 radical (unpaired) electrons. The lowest BCUT2D eigenvalue weighted by molar-refractivity contribution is 0.123. The predicted molar refractivity (Wildman–Crippen MR) is 118 cm³/mol. The van der Waals surface area contributed by atoms with Gasteiger partial charge in [-0.3, -0.25) is 0 Å². The number of halogens is 1. The Morgan fingerprint density at radius 3 is 2.70 bits per heavy atom. The van der Waals surface area contributed by atoms with E-state index in [2.05, 4.69) is 36.1 Å². The van der Waals surface area contributed by atoms with Crippen LogP contribution in [0.3, 0.4) is 0 Å². The van der Waals surface area contributed by atoms with Crippen LogP contribution in [-0.4, -0.2) is 50.6 Å². The van der Waals surface area contributed by atoms with E-state index in [4.69, 9.17) is 31.4 Å². The Kier molecular flexibility index (Phi) is 4.92. The minimum absolute atomic E-state index is 0.337. The number of hydrogen-bond acceptors (Lipinski definition) is 5. The van der Waals surface area contributed by atoms with Crippen molar-refractivity contribution in [3.05, 3.63) is 54.0 Å². The molecule has 30 heavy (non-hydrogen) atoms. The topological polar surface area (TPSA) is 61.0 Å². The van der Waals surface area contributed by atoms with Crippen LogP contribution in [-0.2, 0) is 17.7 Å². The first-order valence-corrected chi connectivity index (χ1v) is 10.6. The molecule has 1 aromatic carbocycles. The number of rotatable bonds is 4. The first kappa shape index (κ1) is 19.1. The van der Waals surface area contributed by atoms with Crippen LogP contribution < -0.4 is 4.90 Å². The fraction of sp³-hybridized carbons (Fsp3) is 0.318. The number of anilines is 1. The third-order valence-electron chi connectivity index (χ3n) is 5.50. The van der Waals surface area contributed by atoms with Gasteiger partial charge in [0, 0.05) is 38.0 Å². The molecule has 154 valence electrons. The van der Waals surface area contributed by atoms with E-state index in [1.54, 1.807) is 0 Å². The van der Waals surface area contributed by atoms with Crippen molar-refractivity contribution in [3.63, 3.8) is 0 Å². The normalized spacial score (nSPS) is 14.6. The number of morpholine rings is 1. The zero-order chi connectivity index (χ0) is 20.7. The van der Waals surface area contributed by atoms with Gasteiger partial charge in [-0.15, -0.1) is 11.6 Å². The molecule has 0 amide bonds. The van der Waals surface area contributed by atoms with Crippen LogP contribution in [0.1, 0.15) is 11.4 Å². The highest BCUT2D eigenvalue weighted by molar-refractivity contribution is 6.16. The number of aryl methyl sites for hydroxylation is 2. The summed E-state index contributed by atoms with van der Waals surface area (Å²) in [4.78, 5) is 11.9. The van der Waals surface area contributed by atoms with Crippen molar-refractivity contribution < 1.29 is 4.74 Å². The van der Waals surface area contributed by atoms with Crippen LogP contribution in [0.15, 0.2) is 42.6 Å². The molecule has 3 aromatic heterocycles. The summed E-state index contributed by atoms with van der Waals surface area (Å²) in [6, 6.07) is 12.4. The van der Waals surface area contributed by atoms with E-state index in [0.29, 0.717) is 19.1 Å². The molecule has 7 nitrogen and oxygen atoms in total. The Balaban J connectivity index is 1.63. The Labute approximate surface area is 179 Å². The summed E-state index contributed by atoms with van der Waals surface area (Å²) < 4.78 is 9.33. The molecule has 1 aliphatic rings. The molecule has 4 aromatic rings. The Morgan fingerprint density at radius 1 is 1.10 bits per heavy atom. The maximum Gasteiger partial charge on any atom is 0.164 e. The van der Waals surface area contributed by atoms with E-state index in [9.17, 15) is 0 Å². The number of nitrogens with zero attached hydrogens (tertiary/aromatic N) is 6. The van der Waals surface area contributed by atoms with Gasteiger partial charge >= 0.3 is 0 Å².